The average molecular weight is 343 g/mol. The Morgan fingerprint density at radius 2 is 1.88 bits per heavy atom. The average Bonchev–Trinajstić information content (AvgIpc) is 2.95. The van der Waals surface area contributed by atoms with E-state index in [2.05, 4.69) is 15.5 Å². The van der Waals surface area contributed by atoms with Crippen LogP contribution in [0.2, 0.25) is 0 Å². The molecule has 3 rings (SSSR count). The fourth-order valence-corrected chi connectivity index (χ4v) is 3.12. The zero-order valence-electron chi connectivity index (χ0n) is 13.9. The number of benzene rings is 2. The van der Waals surface area contributed by atoms with E-state index < -0.39 is 18.0 Å². The van der Waals surface area contributed by atoms with E-state index >= 15 is 0 Å². The molecule has 6 heteroatoms. The van der Waals surface area contributed by atoms with E-state index in [0.29, 0.717) is 19.5 Å². The second-order valence-corrected chi connectivity index (χ2v) is 6.27. The molecule has 25 heavy (non-hydrogen) atoms. The Bertz CT molecular complexity index is 711. The number of carbonyl (C=O) groups excluding carboxylic acids is 1. The summed E-state index contributed by atoms with van der Waals surface area (Å²) >= 11 is 0. The summed E-state index contributed by atoms with van der Waals surface area (Å²) in [5.41, 5.74) is 1.31. The van der Waals surface area contributed by atoms with Crippen molar-refractivity contribution >= 4 is 11.7 Å². The zero-order valence-corrected chi connectivity index (χ0v) is 13.9. The number of hydrogen-bond acceptors (Lipinski definition) is 3. The molecular weight excluding hydrogens is 321 g/mol. The molecule has 2 unspecified atom stereocenters. The number of para-hydroxylation sites is 1. The summed E-state index contributed by atoms with van der Waals surface area (Å²) in [4.78, 5) is 14.2. The van der Waals surface area contributed by atoms with Crippen molar-refractivity contribution in [3.8, 4) is 0 Å². The van der Waals surface area contributed by atoms with Gasteiger partial charge in [-0.05, 0) is 24.1 Å². The maximum Gasteiger partial charge on any atom is 0.319 e. The number of aliphatic hydroxyl groups excluding tert-OH is 1. The Hall–Kier alpha value is -2.44. The lowest BCUT2D eigenvalue weighted by molar-refractivity contribution is 0.172. The van der Waals surface area contributed by atoms with Gasteiger partial charge in [-0.3, -0.25) is 4.90 Å². The van der Waals surface area contributed by atoms with Gasteiger partial charge in [-0.15, -0.1) is 0 Å². The molecule has 0 aliphatic carbocycles. The molecular formula is C19H22FN3O2. The molecule has 1 heterocycles. The van der Waals surface area contributed by atoms with E-state index in [0.717, 1.165) is 12.1 Å². The Morgan fingerprint density at radius 1 is 1.16 bits per heavy atom. The molecule has 0 aromatic heterocycles. The number of aliphatic hydroxyl groups is 1. The van der Waals surface area contributed by atoms with Gasteiger partial charge in [-0.25, -0.2) is 9.18 Å². The van der Waals surface area contributed by atoms with Crippen molar-refractivity contribution in [2.45, 2.75) is 25.1 Å². The van der Waals surface area contributed by atoms with Crippen molar-refractivity contribution in [1.29, 1.82) is 0 Å². The predicted octanol–water partition coefficient (Wildman–Crippen LogP) is 2.58. The number of halogens is 1. The molecule has 1 fully saturated rings. The lowest BCUT2D eigenvalue weighted by Crippen LogP contribution is -2.41. The monoisotopic (exact) mass is 343 g/mol. The fourth-order valence-electron chi connectivity index (χ4n) is 3.12. The summed E-state index contributed by atoms with van der Waals surface area (Å²) < 4.78 is 13.6. The topological polar surface area (TPSA) is 64.6 Å². The molecule has 1 aliphatic rings. The first-order chi connectivity index (χ1) is 12.1. The van der Waals surface area contributed by atoms with Crippen LogP contribution in [-0.2, 0) is 6.54 Å². The van der Waals surface area contributed by atoms with Gasteiger partial charge in [-0.2, -0.15) is 0 Å². The summed E-state index contributed by atoms with van der Waals surface area (Å²) in [6.07, 6.45) is 0.206. The number of hydrogen-bond donors (Lipinski definition) is 3. The molecule has 0 bridgehead atoms. The zero-order chi connectivity index (χ0) is 17.6. The van der Waals surface area contributed by atoms with Gasteiger partial charge in [-0.1, -0.05) is 42.5 Å². The summed E-state index contributed by atoms with van der Waals surface area (Å²) in [5.74, 6) is -0.473. The Balaban J connectivity index is 1.53. The number of likely N-dealkylation sites (tertiary alicyclic amines) is 1. The second-order valence-electron chi connectivity index (χ2n) is 6.27. The standard InChI is InChI=1S/C19H22FN3O2/c20-17-8-4-5-9-18(17)22-19(25)21-11-15-10-16(24)13-23(15)12-14-6-2-1-3-7-14/h1-9,15-16,24H,10-13H2,(H2,21,22,25). The van der Waals surface area contributed by atoms with Gasteiger partial charge >= 0.3 is 6.03 Å². The highest BCUT2D eigenvalue weighted by molar-refractivity contribution is 5.89. The van der Waals surface area contributed by atoms with E-state index in [1.807, 2.05) is 30.3 Å². The molecule has 2 atom stereocenters. The van der Waals surface area contributed by atoms with Gasteiger partial charge < -0.3 is 15.7 Å². The van der Waals surface area contributed by atoms with Crippen LogP contribution in [0.25, 0.3) is 0 Å². The minimum absolute atomic E-state index is 0.0431. The van der Waals surface area contributed by atoms with Gasteiger partial charge in [0.2, 0.25) is 0 Å². The third-order valence-electron chi connectivity index (χ3n) is 4.35. The summed E-state index contributed by atoms with van der Waals surface area (Å²) in [7, 11) is 0. The van der Waals surface area contributed by atoms with Crippen molar-refractivity contribution in [3.05, 3.63) is 66.0 Å². The quantitative estimate of drug-likeness (QED) is 0.782. The number of anilines is 1. The van der Waals surface area contributed by atoms with Gasteiger partial charge in [0, 0.05) is 25.7 Å². The van der Waals surface area contributed by atoms with Crippen LogP contribution in [-0.4, -0.2) is 41.3 Å². The highest BCUT2D eigenvalue weighted by Gasteiger charge is 2.30. The predicted molar refractivity (Wildman–Crippen MR) is 94.7 cm³/mol. The van der Waals surface area contributed by atoms with Crippen LogP contribution >= 0.6 is 0 Å². The van der Waals surface area contributed by atoms with Gasteiger partial charge in [0.1, 0.15) is 5.82 Å². The highest BCUT2D eigenvalue weighted by Crippen LogP contribution is 2.20. The molecule has 0 spiro atoms. The Labute approximate surface area is 146 Å². The minimum atomic E-state index is -0.473. The molecule has 5 nitrogen and oxygen atoms in total. The number of urea groups is 1. The molecule has 132 valence electrons. The van der Waals surface area contributed by atoms with E-state index in [1.54, 1.807) is 12.1 Å². The summed E-state index contributed by atoms with van der Waals surface area (Å²) in [5, 5.41) is 15.2. The normalized spacial score (nSPS) is 20.4. The van der Waals surface area contributed by atoms with Gasteiger partial charge in [0.05, 0.1) is 11.8 Å². The molecule has 1 saturated heterocycles. The Morgan fingerprint density at radius 3 is 2.64 bits per heavy atom. The number of β-amino-alcohol motifs (C(OH)–C–C–N with tert-alkyl or cyclic N) is 1. The van der Waals surface area contributed by atoms with E-state index in [1.165, 1.54) is 12.1 Å². The van der Waals surface area contributed by atoms with Gasteiger partial charge in [0.15, 0.2) is 0 Å². The van der Waals surface area contributed by atoms with Crippen molar-refractivity contribution in [3.63, 3.8) is 0 Å². The van der Waals surface area contributed by atoms with E-state index in [9.17, 15) is 14.3 Å². The summed E-state index contributed by atoms with van der Waals surface area (Å²) in [6.45, 7) is 1.69. The number of nitrogens with zero attached hydrogens (tertiary/aromatic N) is 1. The minimum Gasteiger partial charge on any atom is -0.392 e. The highest BCUT2D eigenvalue weighted by atomic mass is 19.1. The van der Waals surface area contributed by atoms with Crippen LogP contribution in [0.4, 0.5) is 14.9 Å². The number of nitrogens with one attached hydrogen (secondary N) is 2. The molecule has 3 N–H and O–H groups in total. The number of carbonyl (C=O) groups is 1. The van der Waals surface area contributed by atoms with Crippen LogP contribution < -0.4 is 10.6 Å². The van der Waals surface area contributed by atoms with Gasteiger partial charge in [0.25, 0.3) is 0 Å². The maximum atomic E-state index is 13.6. The fraction of sp³-hybridized carbons (Fsp3) is 0.316. The molecule has 0 saturated carbocycles. The molecule has 2 aromatic rings. The lowest BCUT2D eigenvalue weighted by Gasteiger charge is -2.24. The molecule has 1 aliphatic heterocycles. The number of amides is 2. The number of rotatable bonds is 5. The van der Waals surface area contributed by atoms with Crippen molar-refractivity contribution in [1.82, 2.24) is 10.2 Å². The van der Waals surface area contributed by atoms with Crippen LogP contribution in [0.5, 0.6) is 0 Å². The van der Waals surface area contributed by atoms with Crippen molar-refractivity contribution in [2.75, 3.05) is 18.4 Å². The van der Waals surface area contributed by atoms with E-state index in [4.69, 9.17) is 0 Å². The third-order valence-corrected chi connectivity index (χ3v) is 4.35. The maximum absolute atomic E-state index is 13.6. The molecule has 2 aromatic carbocycles. The molecule has 0 radical (unpaired) electrons. The van der Waals surface area contributed by atoms with Crippen molar-refractivity contribution < 1.29 is 14.3 Å². The third kappa shape index (κ3) is 4.78. The Kier molecular flexibility index (Phi) is 5.63. The summed E-state index contributed by atoms with van der Waals surface area (Å²) in [6, 6.07) is 15.6. The second kappa shape index (κ2) is 8.09. The molecule has 2 amide bonds. The first kappa shape index (κ1) is 17.4. The largest absolute Gasteiger partial charge is 0.392 e. The first-order valence-corrected chi connectivity index (χ1v) is 8.37. The van der Waals surface area contributed by atoms with Crippen LogP contribution in [0, 0.1) is 5.82 Å². The van der Waals surface area contributed by atoms with Crippen LogP contribution in [0.1, 0.15) is 12.0 Å². The SMILES string of the molecule is O=C(NCC1CC(O)CN1Cc1ccccc1)Nc1ccccc1F. The first-order valence-electron chi connectivity index (χ1n) is 8.37. The lowest BCUT2D eigenvalue weighted by atomic mass is 10.1. The van der Waals surface area contributed by atoms with Crippen LogP contribution in [0.3, 0.4) is 0 Å². The smallest absolute Gasteiger partial charge is 0.319 e. The van der Waals surface area contributed by atoms with Crippen molar-refractivity contribution in [2.24, 2.45) is 0 Å². The van der Waals surface area contributed by atoms with E-state index in [-0.39, 0.29) is 11.7 Å². The van der Waals surface area contributed by atoms with Crippen LogP contribution in [0.15, 0.2) is 54.6 Å².